The van der Waals surface area contributed by atoms with Gasteiger partial charge in [0.2, 0.25) is 0 Å². The van der Waals surface area contributed by atoms with E-state index in [9.17, 15) is 5.11 Å². The highest BCUT2D eigenvalue weighted by molar-refractivity contribution is 5.16. The zero-order valence-electron chi connectivity index (χ0n) is 5.29. The maximum atomic E-state index is 10.3. The summed E-state index contributed by atoms with van der Waals surface area (Å²) in [6.07, 6.45) is 1.69. The van der Waals surface area contributed by atoms with Crippen LogP contribution in [0.15, 0.2) is 18.3 Å². The highest BCUT2D eigenvalue weighted by atomic mass is 16.3. The molecule has 1 aromatic rings. The molecule has 0 unspecified atom stereocenters. The minimum absolute atomic E-state index is 0.167. The second kappa shape index (κ2) is 2.60. The van der Waals surface area contributed by atoms with Crippen LogP contribution in [0, 0.1) is 6.92 Å². The fraction of sp³-hybridized carbons (Fsp3) is 0.286. The van der Waals surface area contributed by atoms with Crippen LogP contribution in [0.2, 0.25) is 0 Å². The van der Waals surface area contributed by atoms with Crippen LogP contribution in [0.1, 0.15) is 11.3 Å². The van der Waals surface area contributed by atoms with Crippen LogP contribution in [0.4, 0.5) is 0 Å². The lowest BCUT2D eigenvalue weighted by Crippen LogP contribution is -1.88. The fourth-order valence-electron chi connectivity index (χ4n) is 0.670. The van der Waals surface area contributed by atoms with Crippen molar-refractivity contribution in [3.8, 4) is 0 Å². The van der Waals surface area contributed by atoms with E-state index in [1.54, 1.807) is 18.3 Å². The summed E-state index contributed by atoms with van der Waals surface area (Å²) in [5, 5.41) is 10.3. The minimum Gasteiger partial charge on any atom is -0.261 e. The predicted octanol–water partition coefficient (Wildman–Crippen LogP) is 1.32. The van der Waals surface area contributed by atoms with Gasteiger partial charge >= 0.3 is 0 Å². The third-order valence-electron chi connectivity index (χ3n) is 1.27. The smallest absolute Gasteiger partial charge is 0.109 e. The average molecular weight is 122 g/mol. The largest absolute Gasteiger partial charge is 0.261 e. The van der Waals surface area contributed by atoms with Crippen LogP contribution in [-0.2, 0) is 11.7 Å². The van der Waals surface area contributed by atoms with Crippen LogP contribution in [0.25, 0.3) is 0 Å². The summed E-state index contributed by atoms with van der Waals surface area (Å²) in [7, 11) is 0. The van der Waals surface area contributed by atoms with Gasteiger partial charge in [0.25, 0.3) is 0 Å². The molecular formula is C7H8NO. The molecule has 0 saturated carbocycles. The third-order valence-corrected chi connectivity index (χ3v) is 1.27. The number of hydrogen-bond donors (Lipinski definition) is 0. The summed E-state index contributed by atoms with van der Waals surface area (Å²) in [5.41, 5.74) is 1.63. The summed E-state index contributed by atoms with van der Waals surface area (Å²) >= 11 is 0. The highest BCUT2D eigenvalue weighted by Gasteiger charge is 1.93. The van der Waals surface area contributed by atoms with Gasteiger partial charge in [-0.15, -0.1) is 0 Å². The van der Waals surface area contributed by atoms with Crippen molar-refractivity contribution in [2.75, 3.05) is 0 Å². The van der Waals surface area contributed by atoms with Crippen molar-refractivity contribution in [1.82, 2.24) is 4.98 Å². The monoisotopic (exact) mass is 122 g/mol. The Hall–Kier alpha value is -0.890. The van der Waals surface area contributed by atoms with Gasteiger partial charge in [0, 0.05) is 17.5 Å². The predicted molar refractivity (Wildman–Crippen MR) is 33.4 cm³/mol. The molecule has 1 heterocycles. The molecule has 0 spiro atoms. The molecule has 0 N–H and O–H groups in total. The summed E-state index contributed by atoms with van der Waals surface area (Å²) < 4.78 is 0. The van der Waals surface area contributed by atoms with Crippen LogP contribution in [0.3, 0.4) is 0 Å². The van der Waals surface area contributed by atoms with Crippen molar-refractivity contribution in [2.24, 2.45) is 0 Å². The molecule has 2 heteroatoms. The second-order valence-corrected chi connectivity index (χ2v) is 1.89. The van der Waals surface area contributed by atoms with Gasteiger partial charge in [-0.2, -0.15) is 0 Å². The van der Waals surface area contributed by atoms with Crippen molar-refractivity contribution >= 4 is 0 Å². The van der Waals surface area contributed by atoms with Crippen LogP contribution in [0.5, 0.6) is 0 Å². The van der Waals surface area contributed by atoms with Crippen LogP contribution in [-0.4, -0.2) is 4.98 Å². The molecule has 9 heavy (non-hydrogen) atoms. The Balaban J connectivity index is 3.01. The van der Waals surface area contributed by atoms with Gasteiger partial charge in [-0.1, -0.05) is 6.07 Å². The number of hydrogen-bond acceptors (Lipinski definition) is 1. The highest BCUT2D eigenvalue weighted by Crippen LogP contribution is 2.01. The summed E-state index contributed by atoms with van der Waals surface area (Å²) in [5.74, 6) is 0. The first kappa shape index (κ1) is 6.23. The van der Waals surface area contributed by atoms with E-state index in [1.165, 1.54) is 0 Å². The van der Waals surface area contributed by atoms with Crippen LogP contribution >= 0.6 is 0 Å². The van der Waals surface area contributed by atoms with E-state index >= 15 is 0 Å². The molecule has 1 radical (unpaired) electrons. The first-order chi connectivity index (χ1) is 4.34. The lowest BCUT2D eigenvalue weighted by molar-refractivity contribution is 0.176. The van der Waals surface area contributed by atoms with Crippen LogP contribution < -0.4 is 0 Å². The van der Waals surface area contributed by atoms with Gasteiger partial charge < -0.3 is 0 Å². The van der Waals surface area contributed by atoms with E-state index in [2.05, 4.69) is 4.98 Å². The number of rotatable bonds is 1. The Labute approximate surface area is 54.2 Å². The Bertz CT molecular complexity index is 198. The number of nitrogens with zero attached hydrogens (tertiary/aromatic N) is 1. The molecule has 0 atom stereocenters. The molecule has 1 rings (SSSR count). The van der Waals surface area contributed by atoms with E-state index in [0.717, 1.165) is 11.3 Å². The lowest BCUT2D eigenvalue weighted by Gasteiger charge is -1.95. The average Bonchev–Trinajstić information content (AvgIpc) is 1.89. The molecule has 47 valence electrons. The maximum Gasteiger partial charge on any atom is 0.109 e. The summed E-state index contributed by atoms with van der Waals surface area (Å²) in [4.78, 5) is 3.95. The summed E-state index contributed by atoms with van der Waals surface area (Å²) in [6.45, 7) is 1.67. The number of aromatic nitrogens is 1. The van der Waals surface area contributed by atoms with Gasteiger partial charge in [0.05, 0.1) is 0 Å². The van der Waals surface area contributed by atoms with Crippen molar-refractivity contribution in [1.29, 1.82) is 0 Å². The normalized spacial score (nSPS) is 9.56. The number of pyridine rings is 1. The van der Waals surface area contributed by atoms with Crippen molar-refractivity contribution < 1.29 is 5.11 Å². The maximum absolute atomic E-state index is 10.3. The Morgan fingerprint density at radius 1 is 1.67 bits per heavy atom. The Morgan fingerprint density at radius 3 is 2.89 bits per heavy atom. The van der Waals surface area contributed by atoms with E-state index in [-0.39, 0.29) is 6.61 Å². The zero-order chi connectivity index (χ0) is 6.69. The molecule has 0 amide bonds. The van der Waals surface area contributed by atoms with Gasteiger partial charge in [0.1, 0.15) is 6.61 Å². The molecule has 0 aliphatic carbocycles. The van der Waals surface area contributed by atoms with E-state index in [4.69, 9.17) is 0 Å². The molecule has 0 aliphatic rings. The van der Waals surface area contributed by atoms with Gasteiger partial charge in [-0.25, -0.2) is 5.11 Å². The van der Waals surface area contributed by atoms with E-state index in [0.29, 0.717) is 0 Å². The Kier molecular flexibility index (Phi) is 1.80. The Morgan fingerprint density at radius 2 is 2.44 bits per heavy atom. The lowest BCUT2D eigenvalue weighted by atomic mass is 10.2. The van der Waals surface area contributed by atoms with Gasteiger partial charge in [-0.3, -0.25) is 4.98 Å². The van der Waals surface area contributed by atoms with E-state index in [1.807, 2.05) is 6.92 Å². The molecule has 0 fully saturated rings. The van der Waals surface area contributed by atoms with Gasteiger partial charge in [0.15, 0.2) is 0 Å². The second-order valence-electron chi connectivity index (χ2n) is 1.89. The summed E-state index contributed by atoms with van der Waals surface area (Å²) in [6, 6.07) is 3.58. The minimum atomic E-state index is -0.167. The van der Waals surface area contributed by atoms with Crippen molar-refractivity contribution in [2.45, 2.75) is 13.5 Å². The molecule has 0 saturated heterocycles. The molecule has 0 aliphatic heterocycles. The van der Waals surface area contributed by atoms with Crippen molar-refractivity contribution in [3.05, 3.63) is 29.6 Å². The molecule has 2 nitrogen and oxygen atoms in total. The molecule has 0 aromatic carbocycles. The number of aryl methyl sites for hydroxylation is 1. The van der Waals surface area contributed by atoms with Crippen molar-refractivity contribution in [3.63, 3.8) is 0 Å². The zero-order valence-corrected chi connectivity index (χ0v) is 5.29. The first-order valence-electron chi connectivity index (χ1n) is 2.83. The molecule has 0 bridgehead atoms. The third kappa shape index (κ3) is 1.27. The molecular weight excluding hydrogens is 114 g/mol. The standard InChI is InChI=1S/C7H8NO/c1-6-7(5-9)3-2-4-8-6/h2-4H,5H2,1H3. The first-order valence-corrected chi connectivity index (χ1v) is 2.83. The SMILES string of the molecule is Cc1ncccc1C[O]. The topological polar surface area (TPSA) is 32.8 Å². The quantitative estimate of drug-likeness (QED) is 0.553. The molecule has 1 aromatic heterocycles. The van der Waals surface area contributed by atoms with Gasteiger partial charge in [-0.05, 0) is 13.0 Å². The fourth-order valence-corrected chi connectivity index (χ4v) is 0.670. The van der Waals surface area contributed by atoms with E-state index < -0.39 is 0 Å².